The highest BCUT2D eigenvalue weighted by atomic mass is 16.8. The summed E-state index contributed by atoms with van der Waals surface area (Å²) in [7, 11) is 1.34. The molecule has 21 nitrogen and oxygen atoms in total. The van der Waals surface area contributed by atoms with Crippen LogP contribution in [0.25, 0.3) is 0 Å². The first kappa shape index (κ1) is 71.1. The van der Waals surface area contributed by atoms with Crippen molar-refractivity contribution in [3.05, 3.63) is 251 Å². The van der Waals surface area contributed by atoms with Crippen molar-refractivity contribution in [1.29, 1.82) is 0 Å². The average molecular weight is 1330 g/mol. The van der Waals surface area contributed by atoms with Gasteiger partial charge in [-0.15, -0.1) is 0 Å². The third-order valence-corrected chi connectivity index (χ3v) is 17.5. The maximum absolute atomic E-state index is 15.1. The molecule has 516 valence electrons. The number of rotatable bonds is 30. The number of hydrogen-bond donors (Lipinski definition) is 4. The maximum Gasteiger partial charge on any atom is 0.338 e. The molecular formula is C76H87NO20. The lowest BCUT2D eigenvalue weighted by Gasteiger charge is -2.51. The topological polar surface area (TPSA) is 245 Å². The largest absolute Gasteiger partial charge is 0.450 e. The van der Waals surface area contributed by atoms with E-state index in [1.54, 1.807) is 44.2 Å². The van der Waals surface area contributed by atoms with Crippen LogP contribution in [0.5, 0.6) is 0 Å². The Morgan fingerprint density at radius 2 is 0.784 bits per heavy atom. The van der Waals surface area contributed by atoms with E-state index in [1.165, 1.54) is 14.0 Å². The van der Waals surface area contributed by atoms with Gasteiger partial charge in [0.05, 0.1) is 70.6 Å². The summed E-state index contributed by atoms with van der Waals surface area (Å²) in [5.74, 6) is -1.30. The lowest BCUT2D eigenvalue weighted by molar-refractivity contribution is -0.390. The van der Waals surface area contributed by atoms with Gasteiger partial charge in [0.25, 0.3) is 0 Å². The Balaban J connectivity index is 1.02. The Morgan fingerprint density at radius 1 is 0.402 bits per heavy atom. The molecule has 7 aromatic carbocycles. The zero-order valence-corrected chi connectivity index (χ0v) is 54.7. The predicted molar refractivity (Wildman–Crippen MR) is 351 cm³/mol. The van der Waals surface area contributed by atoms with Gasteiger partial charge in [-0.3, -0.25) is 4.79 Å². The van der Waals surface area contributed by atoms with Gasteiger partial charge >= 0.3 is 5.97 Å². The molecule has 0 radical (unpaired) electrons. The van der Waals surface area contributed by atoms with Gasteiger partial charge in [0.2, 0.25) is 5.91 Å². The fourth-order valence-electron chi connectivity index (χ4n) is 12.5. The van der Waals surface area contributed by atoms with E-state index in [4.69, 9.17) is 71.1 Å². The SMILES string of the molecule is CO[C@@H]1O[C@H](CO)[C@@H](O)[C@H](O[C@@H]2O[C@@H](C)[C@H](OCc3ccccc3)[C@@H](O[C@@H]3O[C@@H](C)[C@H](OCc4ccccc4)[C@@H](O[C@H]4O[C@H](COCc5ccccc5)[C@@H](OCc5ccccc5)[C@H](OCc5ccccc5)[C@H]4OCc4ccccc4)[C@H]3OC(=O)c3ccccc3)[C@H]2O)[C@H]1NC(C)=O. The summed E-state index contributed by atoms with van der Waals surface area (Å²) in [5.41, 5.74) is 5.32. The molecule has 0 spiro atoms. The van der Waals surface area contributed by atoms with Crippen LogP contribution in [0.15, 0.2) is 212 Å². The number of ether oxygens (including phenoxy) is 15. The number of carbonyl (C=O) groups excluding carboxylic acids is 2. The van der Waals surface area contributed by atoms with E-state index in [1.807, 2.05) is 182 Å². The fraction of sp³-hybridized carbons (Fsp3) is 0.421. The van der Waals surface area contributed by atoms with Crippen molar-refractivity contribution >= 4 is 11.9 Å². The van der Waals surface area contributed by atoms with Gasteiger partial charge in [-0.25, -0.2) is 4.79 Å². The summed E-state index contributed by atoms with van der Waals surface area (Å²) in [4.78, 5) is 27.9. The number of aliphatic hydroxyl groups is 3. The number of hydrogen-bond acceptors (Lipinski definition) is 20. The summed E-state index contributed by atoms with van der Waals surface area (Å²) < 4.78 is 102. The number of methoxy groups -OCH3 is 1. The van der Waals surface area contributed by atoms with E-state index >= 15 is 4.79 Å². The van der Waals surface area contributed by atoms with Crippen LogP contribution in [0, 0.1) is 0 Å². The quantitative estimate of drug-likeness (QED) is 0.0309. The van der Waals surface area contributed by atoms with E-state index < -0.39 is 141 Å². The molecule has 20 atom stereocenters. The molecule has 1 amide bonds. The van der Waals surface area contributed by atoms with Crippen molar-refractivity contribution in [2.75, 3.05) is 20.3 Å². The Kier molecular flexibility index (Phi) is 26.0. The standard InChI is InChI=1S/C76H87NO20/c1-48-63(85-42-52-28-14-6-15-29-52)67(62(81)74(90-48)95-66-60(77-50(3)79)73(83-4)92-58(40-78)61(66)80)96-76-71(94-72(82)57-38-24-11-25-39-57)69(64(49(2)91-76)86-43-53-30-16-7-17-31-53)97-75-70(89-46-56-36-22-10-23-37-56)68(88-45-55-34-20-9-21-35-55)65(87-44-54-32-18-8-19-33-54)59(93-75)47-84-41-51-26-12-5-13-27-51/h5-39,48-49,58-71,73-76,78,80-81H,40-47H2,1-4H3,(H,77,79)/t48-,49-,58+,59+,60+,61+,62+,63-,64-,65+,66+,67-,68-,69+,70+,71+,73+,74-,75+,76-/m0/s1. The van der Waals surface area contributed by atoms with Crippen LogP contribution in [0.3, 0.4) is 0 Å². The lowest BCUT2D eigenvalue weighted by atomic mass is 9.94. The zero-order valence-electron chi connectivity index (χ0n) is 54.7. The van der Waals surface area contributed by atoms with E-state index in [-0.39, 0.29) is 51.8 Å². The normalized spacial score (nSPS) is 30.5. The number of amides is 1. The van der Waals surface area contributed by atoms with Crippen molar-refractivity contribution in [3.63, 3.8) is 0 Å². The third-order valence-electron chi connectivity index (χ3n) is 17.5. The average Bonchev–Trinajstić information content (AvgIpc) is 0.776. The first-order valence-electron chi connectivity index (χ1n) is 32.9. The molecule has 0 unspecified atom stereocenters. The first-order valence-corrected chi connectivity index (χ1v) is 32.9. The van der Waals surface area contributed by atoms with Crippen LogP contribution >= 0.6 is 0 Å². The summed E-state index contributed by atoms with van der Waals surface area (Å²) in [6, 6.07) is 65.1. The Hall–Kier alpha value is -7.20. The van der Waals surface area contributed by atoms with Crippen molar-refractivity contribution in [2.45, 2.75) is 183 Å². The number of esters is 1. The summed E-state index contributed by atoms with van der Waals surface area (Å²) >= 11 is 0. The maximum atomic E-state index is 15.1. The Morgan fingerprint density at radius 3 is 1.25 bits per heavy atom. The van der Waals surface area contributed by atoms with Crippen molar-refractivity contribution < 1.29 is 96.0 Å². The lowest BCUT2D eigenvalue weighted by Crippen LogP contribution is -2.69. The van der Waals surface area contributed by atoms with Crippen molar-refractivity contribution in [2.24, 2.45) is 0 Å². The van der Waals surface area contributed by atoms with Gasteiger partial charge in [0.1, 0.15) is 79.3 Å². The van der Waals surface area contributed by atoms with Crippen LogP contribution in [0.2, 0.25) is 0 Å². The molecule has 7 aromatic rings. The monoisotopic (exact) mass is 1330 g/mol. The van der Waals surface area contributed by atoms with Crippen molar-refractivity contribution in [3.8, 4) is 0 Å². The number of carbonyl (C=O) groups is 2. The Labute approximate surface area is 565 Å². The van der Waals surface area contributed by atoms with E-state index in [2.05, 4.69) is 5.32 Å². The molecule has 0 bridgehead atoms. The molecule has 0 aromatic heterocycles. The summed E-state index contributed by atoms with van der Waals surface area (Å²) in [5, 5.41) is 38.0. The van der Waals surface area contributed by atoms with Gasteiger partial charge in [0, 0.05) is 14.0 Å². The number of benzene rings is 7. The second-order valence-electron chi connectivity index (χ2n) is 24.5. The van der Waals surface area contributed by atoms with Crippen LogP contribution in [0.1, 0.15) is 64.5 Å². The molecule has 4 saturated heterocycles. The van der Waals surface area contributed by atoms with E-state index in [0.29, 0.717) is 0 Å². The van der Waals surface area contributed by atoms with Gasteiger partial charge in [0.15, 0.2) is 31.3 Å². The minimum Gasteiger partial charge on any atom is -0.450 e. The van der Waals surface area contributed by atoms with Crippen molar-refractivity contribution in [1.82, 2.24) is 5.32 Å². The van der Waals surface area contributed by atoms with Gasteiger partial charge < -0.3 is 91.7 Å². The minimum atomic E-state index is -1.81. The second kappa shape index (κ2) is 35.5. The molecule has 4 fully saturated rings. The highest BCUT2D eigenvalue weighted by Crippen LogP contribution is 2.40. The van der Waals surface area contributed by atoms with Gasteiger partial charge in [-0.1, -0.05) is 200 Å². The predicted octanol–water partition coefficient (Wildman–Crippen LogP) is 8.32. The van der Waals surface area contributed by atoms with E-state index in [9.17, 15) is 20.1 Å². The molecule has 21 heteroatoms. The fourth-order valence-corrected chi connectivity index (χ4v) is 12.5. The molecule has 11 rings (SSSR count). The van der Waals surface area contributed by atoms with E-state index in [0.717, 1.165) is 33.4 Å². The van der Waals surface area contributed by atoms with Crippen LogP contribution < -0.4 is 5.32 Å². The molecule has 0 saturated carbocycles. The molecule has 4 aliphatic rings. The second-order valence-corrected chi connectivity index (χ2v) is 24.5. The number of aliphatic hydroxyl groups excluding tert-OH is 3. The van der Waals surface area contributed by atoms with Gasteiger partial charge in [-0.05, 0) is 59.4 Å². The smallest absolute Gasteiger partial charge is 0.338 e. The molecule has 97 heavy (non-hydrogen) atoms. The van der Waals surface area contributed by atoms with Crippen LogP contribution in [-0.2, 0) is 115 Å². The first-order chi connectivity index (χ1) is 47.4. The summed E-state index contributed by atoms with van der Waals surface area (Å²) in [6.45, 7) is 4.72. The summed E-state index contributed by atoms with van der Waals surface area (Å²) in [6.07, 6.45) is -24.4. The molecule has 4 aliphatic heterocycles. The third kappa shape index (κ3) is 19.0. The number of nitrogens with one attached hydrogen (secondary N) is 1. The molecule has 0 aliphatic carbocycles. The van der Waals surface area contributed by atoms with Gasteiger partial charge in [-0.2, -0.15) is 0 Å². The molecule has 4 heterocycles. The highest BCUT2D eigenvalue weighted by molar-refractivity contribution is 5.89. The van der Waals surface area contributed by atoms with Crippen LogP contribution in [-0.4, -0.2) is 170 Å². The highest BCUT2D eigenvalue weighted by Gasteiger charge is 2.58. The molecule has 4 N–H and O–H groups in total. The van der Waals surface area contributed by atoms with Crippen LogP contribution in [0.4, 0.5) is 0 Å². The zero-order chi connectivity index (χ0) is 67.5. The molecular weight excluding hydrogens is 1250 g/mol. The minimum absolute atomic E-state index is 0.0161. The Bertz CT molecular complexity index is 3430.